The largest absolute Gasteiger partial charge is 0.480 e. The van der Waals surface area contributed by atoms with Gasteiger partial charge in [0, 0.05) is 12.1 Å². The summed E-state index contributed by atoms with van der Waals surface area (Å²) < 4.78 is 0. The lowest BCUT2D eigenvalue weighted by atomic mass is 10.1. The molecule has 1 rings (SSSR count). The summed E-state index contributed by atoms with van der Waals surface area (Å²) in [6.07, 6.45) is 0.190. The Bertz CT molecular complexity index is 317. The van der Waals surface area contributed by atoms with Crippen molar-refractivity contribution in [2.75, 3.05) is 0 Å². The number of carboxylic acid groups (broad SMARTS) is 1. The number of halogens is 1. The van der Waals surface area contributed by atoms with Gasteiger partial charge in [0.1, 0.15) is 11.2 Å². The Balaban J connectivity index is 2.69. The van der Waals surface area contributed by atoms with Crippen LogP contribution < -0.4 is 5.73 Å². The Labute approximate surface area is 80.3 Å². The van der Waals surface area contributed by atoms with Crippen LogP contribution in [0.5, 0.6) is 0 Å². The van der Waals surface area contributed by atoms with Crippen LogP contribution in [0.2, 0.25) is 5.15 Å². The van der Waals surface area contributed by atoms with E-state index in [1.165, 1.54) is 0 Å². The molecule has 1 aromatic rings. The molecule has 0 fully saturated rings. The first kappa shape index (κ1) is 9.95. The third kappa shape index (κ3) is 3.01. The van der Waals surface area contributed by atoms with E-state index in [1.54, 1.807) is 18.2 Å². The van der Waals surface area contributed by atoms with Crippen molar-refractivity contribution >= 4 is 17.6 Å². The number of aromatic nitrogens is 1. The number of pyridine rings is 1. The van der Waals surface area contributed by atoms with Crippen molar-refractivity contribution in [1.29, 1.82) is 0 Å². The fraction of sp³-hybridized carbons (Fsp3) is 0.250. The fourth-order valence-electron chi connectivity index (χ4n) is 0.877. The molecular weight excluding hydrogens is 192 g/mol. The van der Waals surface area contributed by atoms with Crippen molar-refractivity contribution in [2.45, 2.75) is 12.5 Å². The van der Waals surface area contributed by atoms with E-state index in [2.05, 4.69) is 4.98 Å². The zero-order chi connectivity index (χ0) is 9.84. The molecule has 0 amide bonds. The van der Waals surface area contributed by atoms with Gasteiger partial charge in [0.25, 0.3) is 0 Å². The van der Waals surface area contributed by atoms with E-state index in [9.17, 15) is 4.79 Å². The number of carbonyl (C=O) groups is 1. The van der Waals surface area contributed by atoms with Crippen LogP contribution in [0.25, 0.3) is 0 Å². The monoisotopic (exact) mass is 200 g/mol. The van der Waals surface area contributed by atoms with Gasteiger partial charge in [-0.3, -0.25) is 4.79 Å². The number of hydrogen-bond donors (Lipinski definition) is 2. The summed E-state index contributed by atoms with van der Waals surface area (Å²) >= 11 is 5.61. The van der Waals surface area contributed by atoms with Crippen LogP contribution in [0.15, 0.2) is 18.2 Å². The van der Waals surface area contributed by atoms with Gasteiger partial charge in [-0.25, -0.2) is 4.98 Å². The van der Waals surface area contributed by atoms with Crippen molar-refractivity contribution in [3.8, 4) is 0 Å². The van der Waals surface area contributed by atoms with E-state index in [0.717, 1.165) is 0 Å². The maximum atomic E-state index is 10.4. The van der Waals surface area contributed by atoms with E-state index < -0.39 is 12.0 Å². The molecular formula is C8H9ClN2O2. The highest BCUT2D eigenvalue weighted by molar-refractivity contribution is 6.29. The first-order valence-corrected chi connectivity index (χ1v) is 4.07. The Hall–Kier alpha value is -1.13. The normalized spacial score (nSPS) is 12.5. The van der Waals surface area contributed by atoms with Crippen LogP contribution >= 0.6 is 11.6 Å². The minimum atomic E-state index is -1.04. The maximum Gasteiger partial charge on any atom is 0.320 e. The zero-order valence-corrected chi connectivity index (χ0v) is 7.53. The van der Waals surface area contributed by atoms with Crippen LogP contribution in [0, 0.1) is 0 Å². The minimum absolute atomic E-state index is 0.190. The second kappa shape index (κ2) is 4.20. The van der Waals surface area contributed by atoms with Gasteiger partial charge in [-0.05, 0) is 12.1 Å². The van der Waals surface area contributed by atoms with Gasteiger partial charge in [-0.2, -0.15) is 0 Å². The molecule has 0 saturated heterocycles. The summed E-state index contributed by atoms with van der Waals surface area (Å²) in [6.45, 7) is 0. The third-order valence-corrected chi connectivity index (χ3v) is 1.73. The highest BCUT2D eigenvalue weighted by atomic mass is 35.5. The van der Waals surface area contributed by atoms with E-state index in [-0.39, 0.29) is 6.42 Å². The second-order valence-electron chi connectivity index (χ2n) is 2.60. The van der Waals surface area contributed by atoms with Crippen molar-refractivity contribution in [1.82, 2.24) is 4.98 Å². The van der Waals surface area contributed by atoms with Gasteiger partial charge in [0.2, 0.25) is 0 Å². The van der Waals surface area contributed by atoms with Gasteiger partial charge in [0.15, 0.2) is 0 Å². The number of carboxylic acids is 1. The molecule has 3 N–H and O–H groups in total. The third-order valence-electron chi connectivity index (χ3n) is 1.52. The van der Waals surface area contributed by atoms with Crippen molar-refractivity contribution < 1.29 is 9.90 Å². The summed E-state index contributed by atoms with van der Waals surface area (Å²) in [5, 5.41) is 8.87. The van der Waals surface area contributed by atoms with Gasteiger partial charge in [-0.1, -0.05) is 17.7 Å². The Morgan fingerprint density at radius 1 is 1.69 bits per heavy atom. The Morgan fingerprint density at radius 2 is 2.38 bits per heavy atom. The standard InChI is InChI=1S/C8H9ClN2O2/c9-7-3-1-2-5(11-7)4-6(10)8(12)13/h1-3,6H,4,10H2,(H,12,13). The number of hydrogen-bond acceptors (Lipinski definition) is 3. The summed E-state index contributed by atoms with van der Waals surface area (Å²) in [5.74, 6) is -1.04. The summed E-state index contributed by atoms with van der Waals surface area (Å²) in [5.41, 5.74) is 5.90. The number of nitrogens with two attached hydrogens (primary N) is 1. The zero-order valence-electron chi connectivity index (χ0n) is 6.77. The average Bonchev–Trinajstić information content (AvgIpc) is 2.04. The lowest BCUT2D eigenvalue weighted by Crippen LogP contribution is -2.32. The molecule has 0 aromatic carbocycles. The molecule has 0 radical (unpaired) electrons. The molecule has 0 aliphatic heterocycles. The van der Waals surface area contributed by atoms with Crippen LogP contribution in [0.4, 0.5) is 0 Å². The predicted octanol–water partition coefficient (Wildman–Crippen LogP) is 0.689. The molecule has 0 spiro atoms. The summed E-state index contributed by atoms with van der Waals surface area (Å²) in [4.78, 5) is 14.3. The van der Waals surface area contributed by atoms with Crippen LogP contribution in [0.1, 0.15) is 5.69 Å². The van der Waals surface area contributed by atoms with Gasteiger partial charge in [-0.15, -0.1) is 0 Å². The number of rotatable bonds is 3. The van der Waals surface area contributed by atoms with E-state index >= 15 is 0 Å². The molecule has 0 bridgehead atoms. The topological polar surface area (TPSA) is 76.2 Å². The molecule has 4 nitrogen and oxygen atoms in total. The molecule has 5 heteroatoms. The molecule has 0 aliphatic rings. The quantitative estimate of drug-likeness (QED) is 0.704. The smallest absolute Gasteiger partial charge is 0.320 e. The molecule has 1 unspecified atom stereocenters. The number of aliphatic carboxylic acids is 1. The van der Waals surface area contributed by atoms with Gasteiger partial charge in [0.05, 0.1) is 0 Å². The highest BCUT2D eigenvalue weighted by Gasteiger charge is 2.12. The van der Waals surface area contributed by atoms with Gasteiger partial charge >= 0.3 is 5.97 Å². The minimum Gasteiger partial charge on any atom is -0.480 e. The molecule has 1 aromatic heterocycles. The lowest BCUT2D eigenvalue weighted by Gasteiger charge is -2.04. The van der Waals surface area contributed by atoms with E-state index in [0.29, 0.717) is 10.8 Å². The summed E-state index contributed by atoms with van der Waals surface area (Å²) in [7, 11) is 0. The van der Waals surface area contributed by atoms with Crippen molar-refractivity contribution in [3.05, 3.63) is 29.0 Å². The van der Waals surface area contributed by atoms with E-state index in [4.69, 9.17) is 22.4 Å². The van der Waals surface area contributed by atoms with Crippen molar-refractivity contribution in [3.63, 3.8) is 0 Å². The van der Waals surface area contributed by atoms with Gasteiger partial charge < -0.3 is 10.8 Å². The maximum absolute atomic E-state index is 10.4. The molecule has 0 saturated carbocycles. The molecule has 1 atom stereocenters. The molecule has 0 aliphatic carbocycles. The van der Waals surface area contributed by atoms with Crippen LogP contribution in [0.3, 0.4) is 0 Å². The SMILES string of the molecule is NC(Cc1cccc(Cl)n1)C(=O)O. The molecule has 70 valence electrons. The Kier molecular flexibility index (Phi) is 3.22. The van der Waals surface area contributed by atoms with Crippen LogP contribution in [-0.4, -0.2) is 22.1 Å². The summed E-state index contributed by atoms with van der Waals surface area (Å²) in [6, 6.07) is 4.09. The number of nitrogens with zero attached hydrogens (tertiary/aromatic N) is 1. The second-order valence-corrected chi connectivity index (χ2v) is 2.99. The Morgan fingerprint density at radius 3 is 2.92 bits per heavy atom. The van der Waals surface area contributed by atoms with Crippen LogP contribution in [-0.2, 0) is 11.2 Å². The first-order chi connectivity index (χ1) is 6.09. The van der Waals surface area contributed by atoms with Crippen molar-refractivity contribution in [2.24, 2.45) is 5.73 Å². The predicted molar refractivity (Wildman–Crippen MR) is 48.6 cm³/mol. The first-order valence-electron chi connectivity index (χ1n) is 3.69. The highest BCUT2D eigenvalue weighted by Crippen LogP contribution is 2.06. The lowest BCUT2D eigenvalue weighted by molar-refractivity contribution is -0.138. The fourth-order valence-corrected chi connectivity index (χ4v) is 1.06. The molecule has 1 heterocycles. The molecule has 13 heavy (non-hydrogen) atoms. The average molecular weight is 201 g/mol. The van der Waals surface area contributed by atoms with E-state index in [1.807, 2.05) is 0 Å².